The predicted molar refractivity (Wildman–Crippen MR) is 65.2 cm³/mol. The number of rotatable bonds is 3. The van der Waals surface area contributed by atoms with E-state index in [4.69, 9.17) is 5.73 Å². The summed E-state index contributed by atoms with van der Waals surface area (Å²) in [7, 11) is 1.75. The summed E-state index contributed by atoms with van der Waals surface area (Å²) in [5.41, 5.74) is 6.26. The molecule has 0 aliphatic rings. The highest BCUT2D eigenvalue weighted by molar-refractivity contribution is 6.03. The zero-order chi connectivity index (χ0) is 13.3. The van der Waals surface area contributed by atoms with Crippen LogP contribution in [-0.4, -0.2) is 26.3 Å². The molecule has 0 spiro atoms. The van der Waals surface area contributed by atoms with Crippen LogP contribution in [0.25, 0.3) is 0 Å². The minimum atomic E-state index is -0.577. The van der Waals surface area contributed by atoms with Crippen molar-refractivity contribution >= 4 is 17.5 Å². The number of primary amides is 1. The van der Waals surface area contributed by atoms with E-state index in [9.17, 15) is 9.59 Å². The maximum atomic E-state index is 11.9. The molecule has 0 saturated carbocycles. The first-order valence-corrected chi connectivity index (χ1v) is 5.27. The van der Waals surface area contributed by atoms with Gasteiger partial charge in [0.2, 0.25) is 0 Å². The quantitative estimate of drug-likeness (QED) is 0.731. The fraction of sp³-hybridized carbons (Fsp3) is 0.182. The molecule has 2 heterocycles. The van der Waals surface area contributed by atoms with Gasteiger partial charge in [-0.2, -0.15) is 0 Å². The summed E-state index contributed by atoms with van der Waals surface area (Å²) in [6.45, 7) is 1.80. The number of carbonyl (C=O) groups excluding carboxylic acids is 2. The Hall–Kier alpha value is -2.57. The van der Waals surface area contributed by atoms with Crippen molar-refractivity contribution in [1.82, 2.24) is 14.5 Å². The Bertz CT molecular complexity index is 611. The number of hydrogen-bond donors (Lipinski definition) is 3. The van der Waals surface area contributed by atoms with E-state index in [0.29, 0.717) is 11.4 Å². The van der Waals surface area contributed by atoms with Crippen molar-refractivity contribution in [3.63, 3.8) is 0 Å². The molecule has 7 nitrogen and oxygen atoms in total. The lowest BCUT2D eigenvalue weighted by Gasteiger charge is -2.03. The fourth-order valence-corrected chi connectivity index (χ4v) is 1.52. The first-order valence-electron chi connectivity index (χ1n) is 5.27. The summed E-state index contributed by atoms with van der Waals surface area (Å²) in [6, 6.07) is 1.48. The molecule has 2 aromatic rings. The maximum absolute atomic E-state index is 11.9. The van der Waals surface area contributed by atoms with Gasteiger partial charge in [-0.1, -0.05) is 0 Å². The molecule has 0 aliphatic carbocycles. The molecule has 0 radical (unpaired) electrons. The molecule has 0 saturated heterocycles. The molecule has 0 aliphatic heterocycles. The van der Waals surface area contributed by atoms with Gasteiger partial charge in [0.25, 0.3) is 11.8 Å². The second kappa shape index (κ2) is 4.36. The lowest BCUT2D eigenvalue weighted by molar-refractivity contribution is 0.0992. The number of nitrogens with zero attached hydrogens (tertiary/aromatic N) is 2. The number of imidazole rings is 1. The van der Waals surface area contributed by atoms with Crippen molar-refractivity contribution in [2.24, 2.45) is 12.8 Å². The van der Waals surface area contributed by atoms with E-state index >= 15 is 0 Å². The molecular formula is C11H13N5O2. The third-order valence-electron chi connectivity index (χ3n) is 2.66. The highest BCUT2D eigenvalue weighted by atomic mass is 16.2. The molecule has 0 unspecified atom stereocenters. The average Bonchev–Trinajstić information content (AvgIpc) is 2.88. The zero-order valence-corrected chi connectivity index (χ0v) is 10.0. The number of carbonyl (C=O) groups is 2. The first kappa shape index (κ1) is 11.9. The molecule has 0 bridgehead atoms. The molecule has 94 valence electrons. The smallest absolute Gasteiger partial charge is 0.273 e. The van der Waals surface area contributed by atoms with Crippen molar-refractivity contribution in [1.29, 1.82) is 0 Å². The van der Waals surface area contributed by atoms with Gasteiger partial charge in [-0.15, -0.1) is 0 Å². The number of nitrogens with one attached hydrogen (secondary N) is 2. The van der Waals surface area contributed by atoms with Crippen LogP contribution in [0, 0.1) is 6.92 Å². The van der Waals surface area contributed by atoms with Gasteiger partial charge < -0.3 is 20.6 Å². The van der Waals surface area contributed by atoms with Crippen LogP contribution < -0.4 is 11.1 Å². The summed E-state index contributed by atoms with van der Waals surface area (Å²) in [6.07, 6.45) is 2.99. The molecular weight excluding hydrogens is 234 g/mol. The van der Waals surface area contributed by atoms with Crippen LogP contribution in [0.1, 0.15) is 26.8 Å². The summed E-state index contributed by atoms with van der Waals surface area (Å²) in [4.78, 5) is 29.5. The topological polar surface area (TPSA) is 106 Å². The van der Waals surface area contributed by atoms with Crippen molar-refractivity contribution in [2.75, 3.05) is 5.32 Å². The Balaban J connectivity index is 2.16. The second-order valence-corrected chi connectivity index (χ2v) is 3.87. The molecule has 4 N–H and O–H groups in total. The normalized spacial score (nSPS) is 10.3. The highest BCUT2D eigenvalue weighted by Crippen LogP contribution is 2.11. The summed E-state index contributed by atoms with van der Waals surface area (Å²) >= 11 is 0. The summed E-state index contributed by atoms with van der Waals surface area (Å²) in [5.74, 6) is -0.132. The van der Waals surface area contributed by atoms with E-state index in [1.54, 1.807) is 18.5 Å². The van der Waals surface area contributed by atoms with E-state index in [0.717, 1.165) is 5.82 Å². The van der Waals surface area contributed by atoms with E-state index in [1.165, 1.54) is 18.5 Å². The largest absolute Gasteiger partial charge is 0.364 e. The van der Waals surface area contributed by atoms with E-state index < -0.39 is 5.91 Å². The number of amides is 2. The van der Waals surface area contributed by atoms with Crippen LogP contribution in [0.4, 0.5) is 5.69 Å². The second-order valence-electron chi connectivity index (χ2n) is 3.87. The van der Waals surface area contributed by atoms with Gasteiger partial charge in [0.1, 0.15) is 17.2 Å². The van der Waals surface area contributed by atoms with Gasteiger partial charge in [0, 0.05) is 13.2 Å². The number of hydrogen-bond acceptors (Lipinski definition) is 3. The van der Waals surface area contributed by atoms with Crippen molar-refractivity contribution < 1.29 is 9.59 Å². The minimum absolute atomic E-state index is 0.242. The van der Waals surface area contributed by atoms with Gasteiger partial charge in [-0.25, -0.2) is 4.98 Å². The zero-order valence-electron chi connectivity index (χ0n) is 10.0. The van der Waals surface area contributed by atoms with Gasteiger partial charge in [-0.05, 0) is 13.0 Å². The van der Waals surface area contributed by atoms with Crippen molar-refractivity contribution in [3.05, 3.63) is 35.7 Å². The van der Waals surface area contributed by atoms with Gasteiger partial charge in [-0.3, -0.25) is 9.59 Å². The number of aryl methyl sites for hydroxylation is 1. The van der Waals surface area contributed by atoms with Gasteiger partial charge in [0.05, 0.1) is 11.9 Å². The van der Waals surface area contributed by atoms with Crippen molar-refractivity contribution in [2.45, 2.75) is 6.92 Å². The molecule has 2 amide bonds. The molecule has 0 fully saturated rings. The predicted octanol–water partition coefficient (Wildman–Crippen LogP) is 0.408. The van der Waals surface area contributed by atoms with Gasteiger partial charge in [0.15, 0.2) is 0 Å². The van der Waals surface area contributed by atoms with Gasteiger partial charge >= 0.3 is 0 Å². The Morgan fingerprint density at radius 3 is 2.72 bits per heavy atom. The van der Waals surface area contributed by atoms with Crippen LogP contribution in [-0.2, 0) is 7.05 Å². The third-order valence-corrected chi connectivity index (χ3v) is 2.66. The van der Waals surface area contributed by atoms with Crippen LogP contribution in [0.3, 0.4) is 0 Å². The molecule has 18 heavy (non-hydrogen) atoms. The number of H-pyrrole nitrogens is 1. The molecule has 2 rings (SSSR count). The van der Waals surface area contributed by atoms with Crippen LogP contribution >= 0.6 is 0 Å². The van der Waals surface area contributed by atoms with Crippen LogP contribution in [0.15, 0.2) is 18.5 Å². The monoisotopic (exact) mass is 247 g/mol. The van der Waals surface area contributed by atoms with E-state index in [1.807, 2.05) is 0 Å². The molecule has 0 atom stereocenters. The molecule has 7 heteroatoms. The summed E-state index contributed by atoms with van der Waals surface area (Å²) in [5, 5.41) is 2.65. The standard InChI is InChI=1S/C11H13N5O2/c1-6-13-5-9(16(6)2)11(18)15-7-3-8(10(12)17)14-4-7/h3-5,14H,1-2H3,(H2,12,17)(H,15,18). The number of aromatic amines is 1. The summed E-state index contributed by atoms with van der Waals surface area (Å²) < 4.78 is 1.68. The lowest BCUT2D eigenvalue weighted by Crippen LogP contribution is -2.15. The van der Waals surface area contributed by atoms with Crippen LogP contribution in [0.5, 0.6) is 0 Å². The molecule has 0 aromatic carbocycles. The Morgan fingerprint density at radius 2 is 2.22 bits per heavy atom. The SMILES string of the molecule is Cc1ncc(C(=O)Nc2c[nH]c(C(N)=O)c2)n1C. The third kappa shape index (κ3) is 2.10. The fourth-order valence-electron chi connectivity index (χ4n) is 1.52. The number of anilines is 1. The lowest BCUT2D eigenvalue weighted by atomic mass is 10.3. The average molecular weight is 247 g/mol. The Labute approximate surface area is 103 Å². The highest BCUT2D eigenvalue weighted by Gasteiger charge is 2.13. The minimum Gasteiger partial charge on any atom is -0.364 e. The maximum Gasteiger partial charge on any atom is 0.273 e. The van der Waals surface area contributed by atoms with E-state index in [2.05, 4.69) is 15.3 Å². The van der Waals surface area contributed by atoms with Crippen LogP contribution in [0.2, 0.25) is 0 Å². The molecule has 2 aromatic heterocycles. The van der Waals surface area contributed by atoms with Crippen molar-refractivity contribution in [3.8, 4) is 0 Å². The Morgan fingerprint density at radius 1 is 1.50 bits per heavy atom. The number of nitrogens with two attached hydrogens (primary N) is 1. The first-order chi connectivity index (χ1) is 8.49. The Kier molecular flexibility index (Phi) is 2.88. The number of aromatic nitrogens is 3. The van der Waals surface area contributed by atoms with E-state index in [-0.39, 0.29) is 11.6 Å².